The van der Waals surface area contributed by atoms with Gasteiger partial charge in [-0.1, -0.05) is 13.8 Å². The molecule has 0 aliphatic carbocycles. The van der Waals surface area contributed by atoms with Crippen LogP contribution in [0.3, 0.4) is 0 Å². The molecule has 5 heteroatoms. The van der Waals surface area contributed by atoms with Gasteiger partial charge in [-0.2, -0.15) is 8.78 Å². The van der Waals surface area contributed by atoms with Gasteiger partial charge in [0, 0.05) is 0 Å². The Kier molecular flexibility index (Phi) is 4.26. The monoisotopic (exact) mass is 196 g/mol. The lowest BCUT2D eigenvalue weighted by Gasteiger charge is -2.21. The number of rotatable bonds is 4. The van der Waals surface area contributed by atoms with Gasteiger partial charge in [-0.05, 0) is 12.3 Å². The number of aliphatic hydroxyl groups is 1. The molecule has 0 amide bonds. The summed E-state index contributed by atoms with van der Waals surface area (Å²) < 4.78 is 29.6. The number of esters is 1. The zero-order chi connectivity index (χ0) is 10.6. The summed E-state index contributed by atoms with van der Waals surface area (Å²) in [4.78, 5) is 10.5. The van der Waals surface area contributed by atoms with Crippen molar-refractivity contribution in [2.45, 2.75) is 32.3 Å². The third-order valence-electron chi connectivity index (χ3n) is 1.57. The summed E-state index contributed by atoms with van der Waals surface area (Å²) in [5.74, 6) is -5.61. The van der Waals surface area contributed by atoms with Crippen molar-refractivity contribution in [1.82, 2.24) is 0 Å². The van der Waals surface area contributed by atoms with Crippen LogP contribution in [0.25, 0.3) is 0 Å². The van der Waals surface area contributed by atoms with Gasteiger partial charge in [0.2, 0.25) is 0 Å². The normalized spacial score (nSPS) is 14.4. The fourth-order valence-corrected chi connectivity index (χ4v) is 0.867. The Bertz CT molecular complexity index is 180. The molecule has 0 heterocycles. The molecule has 13 heavy (non-hydrogen) atoms. The van der Waals surface area contributed by atoms with Crippen molar-refractivity contribution in [3.63, 3.8) is 0 Å². The molecular formula is C8H14F2O3. The molecule has 1 N–H and O–H groups in total. The van der Waals surface area contributed by atoms with Crippen LogP contribution >= 0.6 is 0 Å². The van der Waals surface area contributed by atoms with Crippen LogP contribution in [0.15, 0.2) is 0 Å². The first-order chi connectivity index (χ1) is 5.82. The third-order valence-corrected chi connectivity index (χ3v) is 1.57. The van der Waals surface area contributed by atoms with Crippen LogP contribution in [0.1, 0.15) is 20.3 Å². The highest BCUT2D eigenvalue weighted by molar-refractivity contribution is 5.78. The van der Waals surface area contributed by atoms with Crippen molar-refractivity contribution in [2.24, 2.45) is 5.92 Å². The minimum atomic E-state index is -3.81. The molecule has 0 aromatic heterocycles. The van der Waals surface area contributed by atoms with E-state index in [0.29, 0.717) is 0 Å². The molecule has 0 rings (SSSR count). The predicted molar refractivity (Wildman–Crippen MR) is 42.4 cm³/mol. The smallest absolute Gasteiger partial charge is 0.379 e. The van der Waals surface area contributed by atoms with Gasteiger partial charge < -0.3 is 9.84 Å². The van der Waals surface area contributed by atoms with E-state index in [-0.39, 0.29) is 12.3 Å². The van der Waals surface area contributed by atoms with Gasteiger partial charge in [-0.25, -0.2) is 4.79 Å². The number of hydrogen-bond acceptors (Lipinski definition) is 3. The first-order valence-electron chi connectivity index (χ1n) is 3.96. The first kappa shape index (κ1) is 12.3. The van der Waals surface area contributed by atoms with Gasteiger partial charge in [0.1, 0.15) is 6.10 Å². The number of carbonyl (C=O) groups excluding carboxylic acids is 1. The highest BCUT2D eigenvalue weighted by Crippen LogP contribution is 2.24. The van der Waals surface area contributed by atoms with Gasteiger partial charge in [0.05, 0.1) is 7.11 Å². The molecule has 0 radical (unpaired) electrons. The van der Waals surface area contributed by atoms with Crippen LogP contribution in [0.5, 0.6) is 0 Å². The van der Waals surface area contributed by atoms with Crippen LogP contribution in [-0.4, -0.2) is 30.2 Å². The second kappa shape index (κ2) is 4.50. The van der Waals surface area contributed by atoms with E-state index in [1.54, 1.807) is 13.8 Å². The van der Waals surface area contributed by atoms with Gasteiger partial charge >= 0.3 is 11.9 Å². The van der Waals surface area contributed by atoms with Gasteiger partial charge in [-0.3, -0.25) is 0 Å². The Hall–Kier alpha value is -0.710. The van der Waals surface area contributed by atoms with Crippen LogP contribution < -0.4 is 0 Å². The maximum Gasteiger partial charge on any atom is 0.379 e. The number of alkyl halides is 2. The van der Waals surface area contributed by atoms with Gasteiger partial charge in [0.25, 0.3) is 0 Å². The number of hydrogen-bond donors (Lipinski definition) is 1. The molecule has 0 aromatic carbocycles. The summed E-state index contributed by atoms with van der Waals surface area (Å²) in [6, 6.07) is 0. The summed E-state index contributed by atoms with van der Waals surface area (Å²) in [7, 11) is 0.859. The minimum absolute atomic E-state index is 0.106. The fraction of sp³-hybridized carbons (Fsp3) is 0.875. The number of aliphatic hydroxyl groups excluding tert-OH is 1. The summed E-state index contributed by atoms with van der Waals surface area (Å²) in [6.45, 7) is 3.35. The molecule has 0 bridgehead atoms. The molecule has 0 aromatic rings. The lowest BCUT2D eigenvalue weighted by atomic mass is 10.0. The highest BCUT2D eigenvalue weighted by Gasteiger charge is 2.47. The molecule has 0 fully saturated rings. The van der Waals surface area contributed by atoms with Crippen molar-refractivity contribution in [2.75, 3.05) is 7.11 Å². The predicted octanol–water partition coefficient (Wildman–Crippen LogP) is 1.20. The van der Waals surface area contributed by atoms with E-state index >= 15 is 0 Å². The summed E-state index contributed by atoms with van der Waals surface area (Å²) in [5, 5.41) is 9.00. The number of ether oxygens (including phenoxy) is 1. The largest absolute Gasteiger partial charge is 0.465 e. The lowest BCUT2D eigenvalue weighted by molar-refractivity contribution is -0.186. The third kappa shape index (κ3) is 3.26. The fourth-order valence-electron chi connectivity index (χ4n) is 0.867. The average molecular weight is 196 g/mol. The molecule has 3 nitrogen and oxygen atoms in total. The second-order valence-electron chi connectivity index (χ2n) is 3.26. The summed E-state index contributed by atoms with van der Waals surface area (Å²) in [5.41, 5.74) is 0. The average Bonchev–Trinajstić information content (AvgIpc) is 2.01. The van der Waals surface area contributed by atoms with Crippen molar-refractivity contribution in [3.05, 3.63) is 0 Å². The maximum atomic E-state index is 12.8. The van der Waals surface area contributed by atoms with E-state index in [1.807, 2.05) is 0 Å². The van der Waals surface area contributed by atoms with E-state index < -0.39 is 18.0 Å². The number of halogens is 2. The maximum absolute atomic E-state index is 12.8. The van der Waals surface area contributed by atoms with Gasteiger partial charge in [0.15, 0.2) is 0 Å². The molecule has 0 aliphatic heterocycles. The van der Waals surface area contributed by atoms with Crippen LogP contribution in [0.2, 0.25) is 0 Å². The standard InChI is InChI=1S/C8H14F2O3/c1-5(2)4-6(11)8(9,10)7(12)13-3/h5-6,11H,4H2,1-3H3/t6-/m1/s1. The van der Waals surface area contributed by atoms with E-state index in [1.165, 1.54) is 0 Å². The van der Waals surface area contributed by atoms with Gasteiger partial charge in [-0.15, -0.1) is 0 Å². The summed E-state index contributed by atoms with van der Waals surface area (Å²) >= 11 is 0. The zero-order valence-electron chi connectivity index (χ0n) is 7.88. The van der Waals surface area contributed by atoms with E-state index in [4.69, 9.17) is 5.11 Å². The zero-order valence-corrected chi connectivity index (χ0v) is 7.88. The molecule has 0 unspecified atom stereocenters. The van der Waals surface area contributed by atoms with Crippen LogP contribution in [-0.2, 0) is 9.53 Å². The Labute approximate surface area is 75.7 Å². The first-order valence-corrected chi connectivity index (χ1v) is 3.96. The minimum Gasteiger partial charge on any atom is -0.465 e. The van der Waals surface area contributed by atoms with Crippen LogP contribution in [0, 0.1) is 5.92 Å². The van der Waals surface area contributed by atoms with Crippen molar-refractivity contribution < 1.29 is 23.4 Å². The molecule has 0 spiro atoms. The Morgan fingerprint density at radius 3 is 2.31 bits per heavy atom. The number of carbonyl (C=O) groups is 1. The topological polar surface area (TPSA) is 46.5 Å². The van der Waals surface area contributed by atoms with Crippen molar-refractivity contribution in [3.8, 4) is 0 Å². The van der Waals surface area contributed by atoms with E-state index in [0.717, 1.165) is 7.11 Å². The van der Waals surface area contributed by atoms with Crippen molar-refractivity contribution >= 4 is 5.97 Å². The Morgan fingerprint density at radius 2 is 2.00 bits per heavy atom. The summed E-state index contributed by atoms with van der Waals surface area (Å²) in [6.07, 6.45) is -2.11. The van der Waals surface area contributed by atoms with Crippen molar-refractivity contribution in [1.29, 1.82) is 0 Å². The molecule has 1 atom stereocenters. The lowest BCUT2D eigenvalue weighted by Crippen LogP contribution is -2.42. The molecule has 0 saturated heterocycles. The van der Waals surface area contributed by atoms with E-state index in [9.17, 15) is 13.6 Å². The van der Waals surface area contributed by atoms with E-state index in [2.05, 4.69) is 4.74 Å². The van der Waals surface area contributed by atoms with Crippen LogP contribution in [0.4, 0.5) is 8.78 Å². The SMILES string of the molecule is COC(=O)C(F)(F)[C@H](O)CC(C)C. The Morgan fingerprint density at radius 1 is 1.54 bits per heavy atom. The molecule has 0 aliphatic rings. The highest BCUT2D eigenvalue weighted by atomic mass is 19.3. The quantitative estimate of drug-likeness (QED) is 0.687. The molecule has 0 saturated carbocycles. The Balaban J connectivity index is 4.35. The number of methoxy groups -OCH3 is 1. The second-order valence-corrected chi connectivity index (χ2v) is 3.26. The molecular weight excluding hydrogens is 182 g/mol. The molecule has 78 valence electrons.